The van der Waals surface area contributed by atoms with Crippen LogP contribution >= 0.6 is 0 Å². The van der Waals surface area contributed by atoms with Crippen molar-refractivity contribution < 1.29 is 0 Å². The Kier molecular flexibility index (Phi) is 5.90. The van der Waals surface area contributed by atoms with Crippen molar-refractivity contribution in [1.82, 2.24) is 15.1 Å². The fourth-order valence-electron chi connectivity index (χ4n) is 3.36. The molecule has 1 aliphatic rings. The van der Waals surface area contributed by atoms with Gasteiger partial charge < -0.3 is 5.32 Å². The van der Waals surface area contributed by atoms with Crippen LogP contribution in [0.25, 0.3) is 0 Å². The predicted molar refractivity (Wildman–Crippen MR) is 80.4 cm³/mol. The lowest BCUT2D eigenvalue weighted by Crippen LogP contribution is -2.31. The molecule has 1 N–H and O–H groups in total. The molecule has 1 aliphatic carbocycles. The predicted octanol–water partition coefficient (Wildman–Crippen LogP) is 3.57. The molecule has 19 heavy (non-hydrogen) atoms. The van der Waals surface area contributed by atoms with Crippen molar-refractivity contribution in [1.29, 1.82) is 0 Å². The van der Waals surface area contributed by atoms with E-state index in [9.17, 15) is 0 Å². The van der Waals surface area contributed by atoms with E-state index in [1.807, 2.05) is 6.20 Å². The van der Waals surface area contributed by atoms with Crippen LogP contribution in [0, 0.1) is 5.92 Å². The Hall–Kier alpha value is -0.830. The largest absolute Gasteiger partial charge is 0.316 e. The zero-order valence-corrected chi connectivity index (χ0v) is 12.6. The number of hydrogen-bond donors (Lipinski definition) is 1. The Bertz CT molecular complexity index is 359. The van der Waals surface area contributed by atoms with Crippen molar-refractivity contribution >= 4 is 0 Å². The molecule has 0 aromatic carbocycles. The van der Waals surface area contributed by atoms with Crippen LogP contribution in [0.5, 0.6) is 0 Å². The molecule has 2 unspecified atom stereocenters. The Morgan fingerprint density at radius 3 is 2.89 bits per heavy atom. The van der Waals surface area contributed by atoms with Crippen molar-refractivity contribution in [2.75, 3.05) is 13.1 Å². The minimum atomic E-state index is 0.715. The quantitative estimate of drug-likeness (QED) is 0.762. The van der Waals surface area contributed by atoms with Gasteiger partial charge in [-0.15, -0.1) is 0 Å². The van der Waals surface area contributed by atoms with Crippen LogP contribution in [0.15, 0.2) is 12.3 Å². The summed E-state index contributed by atoms with van der Waals surface area (Å²) in [6, 6.07) is 2.25. The first-order chi connectivity index (χ1) is 9.36. The molecular weight excluding hydrogens is 234 g/mol. The standard InChI is InChI=1S/C16H29N3/c1-3-10-17-13-14-7-5-6-8-15(14)16-9-11-18-19(16)12-4-2/h9,11,14-15,17H,3-8,10,12-13H2,1-2H3. The van der Waals surface area contributed by atoms with Crippen LogP contribution in [-0.2, 0) is 6.54 Å². The summed E-state index contributed by atoms with van der Waals surface area (Å²) in [5, 5.41) is 8.13. The SMILES string of the molecule is CCCNCC1CCCCC1c1ccnn1CCC. The zero-order chi connectivity index (χ0) is 13.5. The van der Waals surface area contributed by atoms with Crippen molar-refractivity contribution in [2.45, 2.75) is 64.8 Å². The minimum Gasteiger partial charge on any atom is -0.316 e. The highest BCUT2D eigenvalue weighted by atomic mass is 15.3. The molecule has 2 atom stereocenters. The van der Waals surface area contributed by atoms with Crippen LogP contribution in [0.4, 0.5) is 0 Å². The maximum Gasteiger partial charge on any atom is 0.0492 e. The van der Waals surface area contributed by atoms with Gasteiger partial charge in [-0.3, -0.25) is 4.68 Å². The molecule has 0 bridgehead atoms. The summed E-state index contributed by atoms with van der Waals surface area (Å²) in [6.45, 7) is 7.86. The van der Waals surface area contributed by atoms with E-state index in [4.69, 9.17) is 0 Å². The number of nitrogens with one attached hydrogen (secondary N) is 1. The van der Waals surface area contributed by atoms with Crippen LogP contribution in [0.2, 0.25) is 0 Å². The first kappa shape index (κ1) is 14.6. The lowest BCUT2D eigenvalue weighted by atomic mass is 9.77. The fraction of sp³-hybridized carbons (Fsp3) is 0.812. The molecule has 1 saturated carbocycles. The van der Waals surface area contributed by atoms with Gasteiger partial charge in [0.2, 0.25) is 0 Å². The van der Waals surface area contributed by atoms with Crippen molar-refractivity contribution in [3.63, 3.8) is 0 Å². The third kappa shape index (κ3) is 3.82. The van der Waals surface area contributed by atoms with Crippen molar-refractivity contribution in [2.24, 2.45) is 5.92 Å². The molecule has 1 fully saturated rings. The van der Waals surface area contributed by atoms with Gasteiger partial charge in [0.05, 0.1) is 0 Å². The molecule has 0 amide bonds. The molecule has 108 valence electrons. The van der Waals surface area contributed by atoms with E-state index in [2.05, 4.69) is 35.0 Å². The van der Waals surface area contributed by atoms with E-state index < -0.39 is 0 Å². The second-order valence-corrected chi connectivity index (χ2v) is 5.83. The highest BCUT2D eigenvalue weighted by Crippen LogP contribution is 2.37. The summed E-state index contributed by atoms with van der Waals surface area (Å²) >= 11 is 0. The maximum absolute atomic E-state index is 4.51. The Balaban J connectivity index is 2.03. The van der Waals surface area contributed by atoms with E-state index in [1.165, 1.54) is 50.8 Å². The fourth-order valence-corrected chi connectivity index (χ4v) is 3.36. The third-order valence-corrected chi connectivity index (χ3v) is 4.31. The number of aryl methyl sites for hydroxylation is 1. The topological polar surface area (TPSA) is 29.9 Å². The van der Waals surface area contributed by atoms with Gasteiger partial charge >= 0.3 is 0 Å². The van der Waals surface area contributed by atoms with Gasteiger partial charge in [0.15, 0.2) is 0 Å². The average molecular weight is 263 g/mol. The lowest BCUT2D eigenvalue weighted by molar-refractivity contribution is 0.283. The Morgan fingerprint density at radius 2 is 2.11 bits per heavy atom. The second kappa shape index (κ2) is 7.68. The first-order valence-corrected chi connectivity index (χ1v) is 8.09. The van der Waals surface area contributed by atoms with E-state index in [-0.39, 0.29) is 0 Å². The lowest BCUT2D eigenvalue weighted by Gasteiger charge is -2.32. The Morgan fingerprint density at radius 1 is 1.26 bits per heavy atom. The Labute approximate surface area is 117 Å². The second-order valence-electron chi connectivity index (χ2n) is 5.83. The zero-order valence-electron chi connectivity index (χ0n) is 12.6. The van der Waals surface area contributed by atoms with Gasteiger partial charge in [0, 0.05) is 24.4 Å². The van der Waals surface area contributed by atoms with Crippen LogP contribution < -0.4 is 5.32 Å². The van der Waals surface area contributed by atoms with E-state index in [0.29, 0.717) is 5.92 Å². The molecule has 2 rings (SSSR count). The van der Waals surface area contributed by atoms with Crippen molar-refractivity contribution in [3.05, 3.63) is 18.0 Å². The summed E-state index contributed by atoms with van der Waals surface area (Å²) in [5.74, 6) is 1.51. The van der Waals surface area contributed by atoms with E-state index in [0.717, 1.165) is 19.0 Å². The molecule has 1 aromatic rings. The summed E-state index contributed by atoms with van der Waals surface area (Å²) in [7, 11) is 0. The molecule has 0 aliphatic heterocycles. The summed E-state index contributed by atoms with van der Waals surface area (Å²) in [4.78, 5) is 0. The smallest absolute Gasteiger partial charge is 0.0492 e. The number of rotatable bonds is 7. The first-order valence-electron chi connectivity index (χ1n) is 8.09. The molecular formula is C16H29N3. The van der Waals surface area contributed by atoms with Gasteiger partial charge in [0.25, 0.3) is 0 Å². The molecule has 0 radical (unpaired) electrons. The van der Waals surface area contributed by atoms with Crippen LogP contribution in [0.1, 0.15) is 64.0 Å². The average Bonchev–Trinajstić information content (AvgIpc) is 2.88. The highest BCUT2D eigenvalue weighted by molar-refractivity contribution is 5.11. The molecule has 3 heteroatoms. The van der Waals surface area contributed by atoms with Gasteiger partial charge in [0.1, 0.15) is 0 Å². The molecule has 0 spiro atoms. The molecule has 1 heterocycles. The number of nitrogens with zero attached hydrogens (tertiary/aromatic N) is 2. The monoisotopic (exact) mass is 263 g/mol. The van der Waals surface area contributed by atoms with Crippen LogP contribution in [0.3, 0.4) is 0 Å². The van der Waals surface area contributed by atoms with E-state index >= 15 is 0 Å². The summed E-state index contributed by atoms with van der Waals surface area (Å²) < 4.78 is 2.24. The van der Waals surface area contributed by atoms with Gasteiger partial charge in [-0.2, -0.15) is 5.10 Å². The number of hydrogen-bond acceptors (Lipinski definition) is 2. The number of aromatic nitrogens is 2. The third-order valence-electron chi connectivity index (χ3n) is 4.31. The van der Waals surface area contributed by atoms with Crippen molar-refractivity contribution in [3.8, 4) is 0 Å². The summed E-state index contributed by atoms with van der Waals surface area (Å²) in [5.41, 5.74) is 1.48. The molecule has 3 nitrogen and oxygen atoms in total. The van der Waals surface area contributed by atoms with E-state index in [1.54, 1.807) is 0 Å². The van der Waals surface area contributed by atoms with Gasteiger partial charge in [-0.25, -0.2) is 0 Å². The summed E-state index contributed by atoms with van der Waals surface area (Å²) in [6.07, 6.45) is 9.87. The highest BCUT2D eigenvalue weighted by Gasteiger charge is 2.28. The molecule has 0 saturated heterocycles. The minimum absolute atomic E-state index is 0.715. The van der Waals surface area contributed by atoms with Crippen LogP contribution in [-0.4, -0.2) is 22.9 Å². The molecule has 1 aromatic heterocycles. The van der Waals surface area contributed by atoms with Gasteiger partial charge in [-0.05, 0) is 50.8 Å². The maximum atomic E-state index is 4.51. The van der Waals surface area contributed by atoms with Gasteiger partial charge in [-0.1, -0.05) is 26.7 Å². The normalized spacial score (nSPS) is 23.7.